The Balaban J connectivity index is 1.67. The van der Waals surface area contributed by atoms with Crippen molar-refractivity contribution in [1.29, 1.82) is 0 Å². The molecule has 8 heteroatoms. The smallest absolute Gasteiger partial charge is 0.257 e. The molecule has 0 fully saturated rings. The van der Waals surface area contributed by atoms with E-state index in [9.17, 15) is 9.90 Å². The lowest BCUT2D eigenvalue weighted by Crippen LogP contribution is -2.30. The van der Waals surface area contributed by atoms with Crippen molar-refractivity contribution in [2.75, 3.05) is 6.61 Å². The van der Waals surface area contributed by atoms with Gasteiger partial charge < -0.3 is 5.11 Å². The van der Waals surface area contributed by atoms with Crippen LogP contribution in [0.2, 0.25) is 0 Å². The summed E-state index contributed by atoms with van der Waals surface area (Å²) >= 11 is 0. The second-order valence-corrected chi connectivity index (χ2v) is 7.67. The minimum absolute atomic E-state index is 0.0680. The average Bonchev–Trinajstić information content (AvgIpc) is 3.35. The van der Waals surface area contributed by atoms with Gasteiger partial charge in [0.25, 0.3) is 5.56 Å². The zero-order chi connectivity index (χ0) is 22.5. The molecule has 2 heterocycles. The second kappa shape index (κ2) is 9.65. The molecule has 0 atom stereocenters. The van der Waals surface area contributed by atoms with Gasteiger partial charge in [-0.15, -0.1) is 10.2 Å². The maximum absolute atomic E-state index is 13.1. The molecular formula is C24H26N6O2. The highest BCUT2D eigenvalue weighted by molar-refractivity contribution is 5.80. The van der Waals surface area contributed by atoms with Crippen LogP contribution in [0.25, 0.3) is 22.5 Å². The van der Waals surface area contributed by atoms with Crippen LogP contribution in [0.5, 0.6) is 0 Å². The first-order chi connectivity index (χ1) is 15.6. The van der Waals surface area contributed by atoms with Crippen molar-refractivity contribution in [3.63, 3.8) is 0 Å². The van der Waals surface area contributed by atoms with Crippen molar-refractivity contribution in [2.45, 2.75) is 39.7 Å². The lowest BCUT2D eigenvalue weighted by atomic mass is 9.96. The molecule has 4 aromatic rings. The predicted octanol–water partition coefficient (Wildman–Crippen LogP) is 2.93. The molecule has 0 amide bonds. The van der Waals surface area contributed by atoms with Crippen LogP contribution >= 0.6 is 0 Å². The van der Waals surface area contributed by atoms with Gasteiger partial charge in [0.05, 0.1) is 18.8 Å². The number of benzene rings is 2. The van der Waals surface area contributed by atoms with Crippen LogP contribution in [0.15, 0.2) is 53.3 Å². The zero-order valence-corrected chi connectivity index (χ0v) is 18.2. The van der Waals surface area contributed by atoms with Gasteiger partial charge >= 0.3 is 0 Å². The van der Waals surface area contributed by atoms with Crippen molar-refractivity contribution in [3.05, 3.63) is 81.5 Å². The van der Waals surface area contributed by atoms with Crippen LogP contribution in [0.3, 0.4) is 0 Å². The fourth-order valence-electron chi connectivity index (χ4n) is 3.95. The highest BCUT2D eigenvalue weighted by Gasteiger charge is 2.15. The van der Waals surface area contributed by atoms with Gasteiger partial charge in [0.15, 0.2) is 0 Å². The quantitative estimate of drug-likeness (QED) is 0.445. The third kappa shape index (κ3) is 4.36. The van der Waals surface area contributed by atoms with E-state index in [0.717, 1.165) is 40.8 Å². The number of aliphatic hydroxyl groups excluding tert-OH is 1. The number of aryl methyl sites for hydroxylation is 2. The number of tetrazole rings is 1. The number of hydrogen-bond acceptors (Lipinski definition) is 6. The maximum atomic E-state index is 13.1. The zero-order valence-electron chi connectivity index (χ0n) is 18.2. The Kier molecular flexibility index (Phi) is 6.51. The molecule has 0 aliphatic carbocycles. The van der Waals surface area contributed by atoms with Crippen LogP contribution in [0.4, 0.5) is 0 Å². The minimum Gasteiger partial charge on any atom is -0.395 e. The number of aliphatic hydroxyl groups is 1. The van der Waals surface area contributed by atoms with Gasteiger partial charge in [-0.25, -0.2) is 4.98 Å². The van der Waals surface area contributed by atoms with E-state index in [4.69, 9.17) is 0 Å². The summed E-state index contributed by atoms with van der Waals surface area (Å²) in [5.74, 6) is 1.19. The molecule has 0 saturated heterocycles. The maximum Gasteiger partial charge on any atom is 0.257 e. The molecule has 0 unspecified atom stereocenters. The summed E-state index contributed by atoms with van der Waals surface area (Å²) in [5.41, 5.74) is 5.44. The van der Waals surface area contributed by atoms with Gasteiger partial charge in [-0.3, -0.25) is 9.36 Å². The third-order valence-corrected chi connectivity index (χ3v) is 5.51. The number of H-pyrrole nitrogens is 1. The van der Waals surface area contributed by atoms with Gasteiger partial charge in [0.1, 0.15) is 5.82 Å². The molecule has 0 aliphatic heterocycles. The topological polar surface area (TPSA) is 110 Å². The highest BCUT2D eigenvalue weighted by atomic mass is 16.3. The van der Waals surface area contributed by atoms with E-state index in [2.05, 4.69) is 32.5 Å². The summed E-state index contributed by atoms with van der Waals surface area (Å²) in [6.45, 7) is 4.05. The molecule has 8 nitrogen and oxygen atoms in total. The Hall–Kier alpha value is -3.65. The minimum atomic E-state index is -0.0938. The fraction of sp³-hybridized carbons (Fsp3) is 0.292. The number of nitrogens with zero attached hydrogens (tertiary/aromatic N) is 5. The van der Waals surface area contributed by atoms with Crippen LogP contribution < -0.4 is 5.56 Å². The molecular weight excluding hydrogens is 404 g/mol. The van der Waals surface area contributed by atoms with Gasteiger partial charge in [0, 0.05) is 17.5 Å². The van der Waals surface area contributed by atoms with Crippen molar-refractivity contribution in [3.8, 4) is 22.5 Å². The summed E-state index contributed by atoms with van der Waals surface area (Å²) in [6.07, 6.45) is 2.16. The lowest BCUT2D eigenvalue weighted by molar-refractivity contribution is 0.271. The van der Waals surface area contributed by atoms with E-state index < -0.39 is 0 Å². The Morgan fingerprint density at radius 2 is 1.81 bits per heavy atom. The first-order valence-electron chi connectivity index (χ1n) is 10.7. The molecule has 0 bridgehead atoms. The van der Waals surface area contributed by atoms with Crippen molar-refractivity contribution < 1.29 is 5.11 Å². The molecule has 2 aromatic carbocycles. The monoisotopic (exact) mass is 430 g/mol. The molecule has 2 N–H and O–H groups in total. The van der Waals surface area contributed by atoms with E-state index in [1.54, 1.807) is 4.57 Å². The molecule has 0 radical (unpaired) electrons. The molecule has 0 aliphatic rings. The third-order valence-electron chi connectivity index (χ3n) is 5.51. The van der Waals surface area contributed by atoms with Gasteiger partial charge in [-0.2, -0.15) is 5.21 Å². The predicted molar refractivity (Wildman–Crippen MR) is 122 cm³/mol. The second-order valence-electron chi connectivity index (χ2n) is 7.67. The normalized spacial score (nSPS) is 11.1. The molecule has 0 spiro atoms. The van der Waals surface area contributed by atoms with Crippen LogP contribution in [-0.4, -0.2) is 41.9 Å². The summed E-state index contributed by atoms with van der Waals surface area (Å²) in [7, 11) is 0. The van der Waals surface area contributed by atoms with E-state index in [1.807, 2.05) is 55.5 Å². The molecule has 4 rings (SSSR count). The van der Waals surface area contributed by atoms with Crippen molar-refractivity contribution in [1.82, 2.24) is 30.2 Å². The molecule has 2 aromatic heterocycles. The van der Waals surface area contributed by atoms with Crippen LogP contribution in [0.1, 0.15) is 36.0 Å². The van der Waals surface area contributed by atoms with Gasteiger partial charge in [-0.1, -0.05) is 61.9 Å². The Labute approximate surface area is 186 Å². The number of aromatic nitrogens is 6. The standard InChI is InChI=1S/C24H26N6O2/c1-3-6-22-21(24(32)30(13-14-31)16(2)25-22)15-17-9-11-18(12-10-17)19-7-4-5-8-20(19)23-26-28-29-27-23/h4-5,7-12,31H,3,6,13-15H2,1-2H3,(H,26,27,28,29). The number of nitrogens with one attached hydrogen (secondary N) is 1. The number of hydrogen-bond donors (Lipinski definition) is 2. The van der Waals surface area contributed by atoms with E-state index >= 15 is 0 Å². The lowest BCUT2D eigenvalue weighted by Gasteiger charge is -2.15. The van der Waals surface area contributed by atoms with Crippen molar-refractivity contribution >= 4 is 0 Å². The largest absolute Gasteiger partial charge is 0.395 e. The molecule has 164 valence electrons. The summed E-state index contributed by atoms with van der Waals surface area (Å²) in [4.78, 5) is 17.8. The Morgan fingerprint density at radius 1 is 1.06 bits per heavy atom. The van der Waals surface area contributed by atoms with E-state index in [-0.39, 0.29) is 18.7 Å². The van der Waals surface area contributed by atoms with Gasteiger partial charge in [-0.05, 0) is 35.2 Å². The van der Waals surface area contributed by atoms with E-state index in [1.165, 1.54) is 0 Å². The van der Waals surface area contributed by atoms with Crippen LogP contribution in [-0.2, 0) is 19.4 Å². The van der Waals surface area contributed by atoms with Crippen LogP contribution in [0, 0.1) is 6.92 Å². The summed E-state index contributed by atoms with van der Waals surface area (Å²) in [6, 6.07) is 16.1. The number of aromatic amines is 1. The Bertz CT molecular complexity index is 1250. The average molecular weight is 431 g/mol. The summed E-state index contributed by atoms with van der Waals surface area (Å²) in [5, 5.41) is 23.7. The highest BCUT2D eigenvalue weighted by Crippen LogP contribution is 2.30. The van der Waals surface area contributed by atoms with Gasteiger partial charge in [0.2, 0.25) is 5.82 Å². The molecule has 0 saturated carbocycles. The van der Waals surface area contributed by atoms with Crippen molar-refractivity contribution in [2.24, 2.45) is 0 Å². The first kappa shape index (κ1) is 21.6. The SMILES string of the molecule is CCCc1nc(C)n(CCO)c(=O)c1Cc1ccc(-c2ccccc2-c2nn[nH]n2)cc1. The van der Waals surface area contributed by atoms with E-state index in [0.29, 0.717) is 23.6 Å². The first-order valence-corrected chi connectivity index (χ1v) is 10.7. The summed E-state index contributed by atoms with van der Waals surface area (Å²) < 4.78 is 1.56. The molecule has 32 heavy (non-hydrogen) atoms. The fourth-order valence-corrected chi connectivity index (χ4v) is 3.95. The Morgan fingerprint density at radius 3 is 2.47 bits per heavy atom. The number of rotatable bonds is 8.